The third-order valence-corrected chi connectivity index (χ3v) is 3.01. The van der Waals surface area contributed by atoms with Crippen molar-refractivity contribution in [3.63, 3.8) is 0 Å². The Kier molecular flexibility index (Phi) is 2.83. The van der Waals surface area contributed by atoms with Gasteiger partial charge < -0.3 is 15.2 Å². The minimum absolute atomic E-state index is 0.330. The molecule has 1 heterocycles. The van der Waals surface area contributed by atoms with E-state index in [4.69, 9.17) is 9.84 Å². The van der Waals surface area contributed by atoms with Gasteiger partial charge in [-0.15, -0.1) is 0 Å². The predicted molar refractivity (Wildman–Crippen MR) is 59.8 cm³/mol. The van der Waals surface area contributed by atoms with Crippen LogP contribution in [0.15, 0.2) is 18.2 Å². The molecule has 0 bridgehead atoms. The summed E-state index contributed by atoms with van der Waals surface area (Å²) in [6.07, 6.45) is 0. The van der Waals surface area contributed by atoms with Crippen LogP contribution in [0.3, 0.4) is 0 Å². The fraction of sp³-hybridized carbons (Fsp3) is 0.417. The Morgan fingerprint density at radius 1 is 1.50 bits per heavy atom. The largest absolute Gasteiger partial charge is 0.497 e. The van der Waals surface area contributed by atoms with Gasteiger partial charge in [0.1, 0.15) is 11.8 Å². The number of hydrogen-bond acceptors (Lipinski definition) is 3. The Balaban J connectivity index is 2.49. The first-order valence-electron chi connectivity index (χ1n) is 5.27. The fourth-order valence-electron chi connectivity index (χ4n) is 2.11. The van der Waals surface area contributed by atoms with Crippen LogP contribution in [0.5, 0.6) is 5.75 Å². The van der Waals surface area contributed by atoms with Gasteiger partial charge >= 0.3 is 5.97 Å². The van der Waals surface area contributed by atoms with E-state index in [-0.39, 0.29) is 0 Å². The van der Waals surface area contributed by atoms with Gasteiger partial charge in [0.05, 0.1) is 7.11 Å². The van der Waals surface area contributed by atoms with E-state index in [2.05, 4.69) is 12.2 Å². The molecule has 16 heavy (non-hydrogen) atoms. The molecule has 1 aromatic carbocycles. The van der Waals surface area contributed by atoms with Gasteiger partial charge in [-0.2, -0.15) is 0 Å². The first kappa shape index (κ1) is 11.0. The van der Waals surface area contributed by atoms with E-state index < -0.39 is 12.0 Å². The van der Waals surface area contributed by atoms with Gasteiger partial charge in [-0.05, 0) is 29.2 Å². The topological polar surface area (TPSA) is 58.6 Å². The lowest BCUT2D eigenvalue weighted by Crippen LogP contribution is -2.36. The molecule has 1 aliphatic rings. The SMILES string of the molecule is COc1ccc2c(c1)C(C(=O)O)NCC2C. The predicted octanol–water partition coefficient (Wildman–Crippen LogP) is 1.53. The number of ether oxygens (including phenoxy) is 1. The van der Waals surface area contributed by atoms with Crippen LogP contribution in [0.1, 0.15) is 30.0 Å². The molecule has 4 heteroatoms. The van der Waals surface area contributed by atoms with Crippen molar-refractivity contribution in [2.75, 3.05) is 13.7 Å². The van der Waals surface area contributed by atoms with E-state index in [0.717, 1.165) is 11.1 Å². The fourth-order valence-corrected chi connectivity index (χ4v) is 2.11. The second-order valence-electron chi connectivity index (χ2n) is 4.08. The van der Waals surface area contributed by atoms with Crippen molar-refractivity contribution in [3.8, 4) is 5.75 Å². The maximum atomic E-state index is 11.1. The first-order valence-corrected chi connectivity index (χ1v) is 5.27. The molecule has 0 fully saturated rings. The minimum Gasteiger partial charge on any atom is -0.497 e. The van der Waals surface area contributed by atoms with Gasteiger partial charge in [-0.25, -0.2) is 0 Å². The molecule has 0 radical (unpaired) electrons. The molecule has 0 saturated carbocycles. The molecule has 0 amide bonds. The number of carboxylic acids is 1. The van der Waals surface area contributed by atoms with Gasteiger partial charge in [0.15, 0.2) is 0 Å². The van der Waals surface area contributed by atoms with Gasteiger partial charge in [-0.1, -0.05) is 13.0 Å². The second-order valence-corrected chi connectivity index (χ2v) is 4.08. The van der Waals surface area contributed by atoms with Crippen LogP contribution in [0, 0.1) is 0 Å². The molecule has 2 atom stereocenters. The van der Waals surface area contributed by atoms with Crippen molar-refractivity contribution >= 4 is 5.97 Å². The van der Waals surface area contributed by atoms with Crippen molar-refractivity contribution in [3.05, 3.63) is 29.3 Å². The Labute approximate surface area is 94.2 Å². The average Bonchev–Trinajstić information content (AvgIpc) is 2.28. The highest BCUT2D eigenvalue weighted by Crippen LogP contribution is 2.32. The van der Waals surface area contributed by atoms with Crippen LogP contribution in [-0.4, -0.2) is 24.7 Å². The molecule has 1 aliphatic heterocycles. The van der Waals surface area contributed by atoms with E-state index in [9.17, 15) is 4.79 Å². The van der Waals surface area contributed by atoms with Crippen molar-refractivity contribution in [2.24, 2.45) is 0 Å². The first-order chi connectivity index (χ1) is 7.63. The van der Waals surface area contributed by atoms with Crippen LogP contribution >= 0.6 is 0 Å². The number of methoxy groups -OCH3 is 1. The van der Waals surface area contributed by atoms with Crippen molar-refractivity contribution in [1.82, 2.24) is 5.32 Å². The molecule has 0 aromatic heterocycles. The zero-order valence-electron chi connectivity index (χ0n) is 9.36. The van der Waals surface area contributed by atoms with Crippen LogP contribution in [0.4, 0.5) is 0 Å². The number of carbonyl (C=O) groups is 1. The molecule has 0 saturated heterocycles. The van der Waals surface area contributed by atoms with E-state index in [0.29, 0.717) is 18.2 Å². The van der Waals surface area contributed by atoms with Crippen molar-refractivity contribution in [1.29, 1.82) is 0 Å². The summed E-state index contributed by atoms with van der Waals surface area (Å²) in [5, 5.41) is 12.2. The van der Waals surface area contributed by atoms with Crippen molar-refractivity contribution in [2.45, 2.75) is 18.9 Å². The summed E-state index contributed by atoms with van der Waals surface area (Å²) in [6, 6.07) is 5.01. The van der Waals surface area contributed by atoms with Gasteiger partial charge in [0.25, 0.3) is 0 Å². The number of fused-ring (bicyclic) bond motifs is 1. The Bertz CT molecular complexity index is 417. The van der Waals surface area contributed by atoms with E-state index >= 15 is 0 Å². The highest BCUT2D eigenvalue weighted by Gasteiger charge is 2.29. The summed E-state index contributed by atoms with van der Waals surface area (Å²) in [5.74, 6) is 0.179. The van der Waals surface area contributed by atoms with E-state index in [1.807, 2.05) is 12.1 Å². The summed E-state index contributed by atoms with van der Waals surface area (Å²) in [6.45, 7) is 2.77. The summed E-state index contributed by atoms with van der Waals surface area (Å²) in [4.78, 5) is 11.1. The lowest BCUT2D eigenvalue weighted by molar-refractivity contribution is -0.139. The summed E-state index contributed by atoms with van der Waals surface area (Å²) >= 11 is 0. The monoisotopic (exact) mass is 221 g/mol. The summed E-state index contributed by atoms with van der Waals surface area (Å²) in [5.41, 5.74) is 1.90. The van der Waals surface area contributed by atoms with Crippen LogP contribution < -0.4 is 10.1 Å². The minimum atomic E-state index is -0.846. The number of carboxylic acid groups (broad SMARTS) is 1. The maximum Gasteiger partial charge on any atom is 0.325 e. The molecule has 2 rings (SSSR count). The zero-order valence-corrected chi connectivity index (χ0v) is 9.36. The Hall–Kier alpha value is -1.55. The highest BCUT2D eigenvalue weighted by molar-refractivity contribution is 5.77. The summed E-state index contributed by atoms with van der Waals surface area (Å²) < 4.78 is 5.12. The lowest BCUT2D eigenvalue weighted by Gasteiger charge is -2.28. The zero-order chi connectivity index (χ0) is 11.7. The Morgan fingerprint density at radius 3 is 2.88 bits per heavy atom. The Morgan fingerprint density at radius 2 is 2.25 bits per heavy atom. The molecule has 4 nitrogen and oxygen atoms in total. The molecule has 1 aromatic rings. The molecule has 2 N–H and O–H groups in total. The molecular weight excluding hydrogens is 206 g/mol. The average molecular weight is 221 g/mol. The second kappa shape index (κ2) is 4.14. The van der Waals surface area contributed by atoms with Crippen LogP contribution in [0.2, 0.25) is 0 Å². The number of benzene rings is 1. The normalized spacial score (nSPS) is 23.6. The van der Waals surface area contributed by atoms with E-state index in [1.54, 1.807) is 13.2 Å². The summed E-state index contributed by atoms with van der Waals surface area (Å²) in [7, 11) is 1.58. The quantitative estimate of drug-likeness (QED) is 0.795. The molecule has 86 valence electrons. The van der Waals surface area contributed by atoms with Crippen molar-refractivity contribution < 1.29 is 14.6 Å². The highest BCUT2D eigenvalue weighted by atomic mass is 16.5. The smallest absolute Gasteiger partial charge is 0.325 e. The molecule has 2 unspecified atom stereocenters. The number of aliphatic carboxylic acids is 1. The van der Waals surface area contributed by atoms with Crippen LogP contribution in [0.25, 0.3) is 0 Å². The standard InChI is InChI=1S/C12H15NO3/c1-7-6-13-11(12(14)15)10-5-8(16-2)3-4-9(7)10/h3-5,7,11,13H,6H2,1-2H3,(H,14,15). The van der Waals surface area contributed by atoms with Gasteiger partial charge in [0.2, 0.25) is 0 Å². The lowest BCUT2D eigenvalue weighted by atomic mass is 9.87. The number of hydrogen-bond donors (Lipinski definition) is 2. The van der Waals surface area contributed by atoms with Gasteiger partial charge in [0, 0.05) is 6.54 Å². The molecule has 0 aliphatic carbocycles. The number of rotatable bonds is 2. The van der Waals surface area contributed by atoms with Crippen LogP contribution in [-0.2, 0) is 4.79 Å². The van der Waals surface area contributed by atoms with Gasteiger partial charge in [-0.3, -0.25) is 4.79 Å². The van der Waals surface area contributed by atoms with E-state index in [1.165, 1.54) is 0 Å². The number of nitrogens with one attached hydrogen (secondary N) is 1. The maximum absolute atomic E-state index is 11.1. The molecular formula is C12H15NO3. The third-order valence-electron chi connectivity index (χ3n) is 3.01. The molecule has 0 spiro atoms. The third kappa shape index (κ3) is 1.76.